The molecule has 21 heavy (non-hydrogen) atoms. The number of halogens is 3. The molecule has 0 fully saturated rings. The maximum Gasteiger partial charge on any atom is 0.416 e. The second-order valence-corrected chi connectivity index (χ2v) is 4.76. The molecular formula is C15H12F3NO2. The predicted molar refractivity (Wildman–Crippen MR) is 72.1 cm³/mol. The Morgan fingerprint density at radius 2 is 1.86 bits per heavy atom. The highest BCUT2D eigenvalue weighted by atomic mass is 19.4. The van der Waals surface area contributed by atoms with Gasteiger partial charge in [-0.3, -0.25) is 10.1 Å². The third-order valence-electron chi connectivity index (χ3n) is 3.09. The van der Waals surface area contributed by atoms with Crippen molar-refractivity contribution in [3.05, 3.63) is 74.8 Å². The van der Waals surface area contributed by atoms with Crippen LogP contribution < -0.4 is 0 Å². The minimum atomic E-state index is -4.42. The number of rotatable bonds is 3. The fourth-order valence-electron chi connectivity index (χ4n) is 2.07. The quantitative estimate of drug-likeness (QED) is 0.617. The van der Waals surface area contributed by atoms with Gasteiger partial charge in [-0.05, 0) is 24.1 Å². The van der Waals surface area contributed by atoms with E-state index in [0.29, 0.717) is 11.1 Å². The molecule has 6 heteroatoms. The summed E-state index contributed by atoms with van der Waals surface area (Å²) in [6, 6.07) is 9.53. The fraction of sp³-hybridized carbons (Fsp3) is 0.200. The number of hydrogen-bond donors (Lipinski definition) is 0. The molecule has 0 atom stereocenters. The average molecular weight is 295 g/mol. The molecule has 0 radical (unpaired) electrons. The normalized spacial score (nSPS) is 11.4. The highest BCUT2D eigenvalue weighted by Crippen LogP contribution is 2.30. The Morgan fingerprint density at radius 3 is 2.48 bits per heavy atom. The topological polar surface area (TPSA) is 43.1 Å². The highest BCUT2D eigenvalue weighted by molar-refractivity contribution is 5.45. The molecule has 0 bridgehead atoms. The molecule has 0 spiro atoms. The molecule has 0 heterocycles. The molecule has 0 saturated carbocycles. The molecule has 2 aromatic rings. The van der Waals surface area contributed by atoms with Crippen molar-refractivity contribution in [3.63, 3.8) is 0 Å². The van der Waals surface area contributed by atoms with Crippen LogP contribution in [0, 0.1) is 17.0 Å². The molecular weight excluding hydrogens is 283 g/mol. The molecule has 0 amide bonds. The number of nitro groups is 1. The Morgan fingerprint density at radius 1 is 1.14 bits per heavy atom. The lowest BCUT2D eigenvalue weighted by Crippen LogP contribution is -2.05. The molecule has 0 unspecified atom stereocenters. The van der Waals surface area contributed by atoms with Gasteiger partial charge in [0.05, 0.1) is 10.5 Å². The zero-order valence-corrected chi connectivity index (χ0v) is 11.1. The molecule has 110 valence electrons. The summed E-state index contributed by atoms with van der Waals surface area (Å²) < 4.78 is 38.0. The number of aryl methyl sites for hydroxylation is 1. The number of nitro benzene ring substituents is 1. The van der Waals surface area contributed by atoms with Crippen molar-refractivity contribution in [2.24, 2.45) is 0 Å². The lowest BCUT2D eigenvalue weighted by atomic mass is 10.00. The van der Waals surface area contributed by atoms with Gasteiger partial charge in [-0.25, -0.2) is 0 Å². The number of nitrogens with zero attached hydrogens (tertiary/aromatic N) is 1. The van der Waals surface area contributed by atoms with Gasteiger partial charge in [0.15, 0.2) is 0 Å². The molecule has 3 nitrogen and oxygen atoms in total. The summed E-state index contributed by atoms with van der Waals surface area (Å²) in [6.07, 6.45) is -4.34. The van der Waals surface area contributed by atoms with E-state index in [1.807, 2.05) is 0 Å². The summed E-state index contributed by atoms with van der Waals surface area (Å²) in [6.45, 7) is 1.72. The lowest BCUT2D eigenvalue weighted by Gasteiger charge is -2.09. The monoisotopic (exact) mass is 295 g/mol. The van der Waals surface area contributed by atoms with E-state index in [2.05, 4.69) is 0 Å². The van der Waals surface area contributed by atoms with Crippen molar-refractivity contribution in [1.82, 2.24) is 0 Å². The van der Waals surface area contributed by atoms with Crippen molar-refractivity contribution in [2.75, 3.05) is 0 Å². The molecule has 0 saturated heterocycles. The number of hydrogen-bond acceptors (Lipinski definition) is 2. The highest BCUT2D eigenvalue weighted by Gasteiger charge is 2.30. The van der Waals surface area contributed by atoms with E-state index in [9.17, 15) is 23.3 Å². The van der Waals surface area contributed by atoms with E-state index in [1.165, 1.54) is 18.2 Å². The minimum absolute atomic E-state index is 0.0765. The molecule has 0 N–H and O–H groups in total. The van der Waals surface area contributed by atoms with Crippen LogP contribution in [0.2, 0.25) is 0 Å². The van der Waals surface area contributed by atoms with Crippen molar-refractivity contribution in [3.8, 4) is 0 Å². The molecule has 0 aliphatic carbocycles. The third kappa shape index (κ3) is 3.59. The van der Waals surface area contributed by atoms with Gasteiger partial charge in [-0.1, -0.05) is 30.3 Å². The summed E-state index contributed by atoms with van der Waals surface area (Å²) in [5.41, 5.74) is 0.679. The van der Waals surface area contributed by atoms with Crippen LogP contribution in [-0.4, -0.2) is 4.92 Å². The van der Waals surface area contributed by atoms with Crippen LogP contribution in [0.4, 0.5) is 18.9 Å². The molecule has 0 aliphatic heterocycles. The maximum atomic E-state index is 12.7. The van der Waals surface area contributed by atoms with Crippen LogP contribution >= 0.6 is 0 Å². The first-order valence-corrected chi connectivity index (χ1v) is 6.17. The smallest absolute Gasteiger partial charge is 0.258 e. The standard InChI is InChI=1S/C15H12F3NO2/c1-10-5-6-12(14(7-10)19(20)21)8-11-3-2-4-13(9-11)15(16,17)18/h2-7,9H,8H2,1H3. The van der Waals surface area contributed by atoms with Gasteiger partial charge in [-0.15, -0.1) is 0 Å². The van der Waals surface area contributed by atoms with Crippen molar-refractivity contribution < 1.29 is 18.1 Å². The van der Waals surface area contributed by atoms with Gasteiger partial charge >= 0.3 is 6.18 Å². The molecule has 2 rings (SSSR count). The Balaban J connectivity index is 2.37. The second-order valence-electron chi connectivity index (χ2n) is 4.76. The van der Waals surface area contributed by atoms with Crippen molar-refractivity contribution in [1.29, 1.82) is 0 Å². The zero-order chi connectivity index (χ0) is 15.6. The summed E-state index contributed by atoms with van der Waals surface area (Å²) >= 11 is 0. The van der Waals surface area contributed by atoms with Crippen LogP contribution in [0.25, 0.3) is 0 Å². The van der Waals surface area contributed by atoms with E-state index >= 15 is 0 Å². The Hall–Kier alpha value is -2.37. The van der Waals surface area contributed by atoms with Crippen LogP contribution in [0.3, 0.4) is 0 Å². The van der Waals surface area contributed by atoms with Gasteiger partial charge in [-0.2, -0.15) is 13.2 Å². The largest absolute Gasteiger partial charge is 0.416 e. The van der Waals surface area contributed by atoms with Crippen LogP contribution in [0.1, 0.15) is 22.3 Å². The van der Waals surface area contributed by atoms with E-state index in [-0.39, 0.29) is 12.1 Å². The summed E-state index contributed by atoms with van der Waals surface area (Å²) in [7, 11) is 0. The Kier molecular flexibility index (Phi) is 3.97. The van der Waals surface area contributed by atoms with Gasteiger partial charge in [0.25, 0.3) is 5.69 Å². The van der Waals surface area contributed by atoms with Gasteiger partial charge < -0.3 is 0 Å². The number of alkyl halides is 3. The minimum Gasteiger partial charge on any atom is -0.258 e. The first kappa shape index (κ1) is 15.0. The first-order valence-electron chi connectivity index (χ1n) is 6.17. The van der Waals surface area contributed by atoms with Gasteiger partial charge in [0.2, 0.25) is 0 Å². The lowest BCUT2D eigenvalue weighted by molar-refractivity contribution is -0.385. The van der Waals surface area contributed by atoms with Crippen LogP contribution in [0.15, 0.2) is 42.5 Å². The Bertz CT molecular complexity index is 681. The maximum absolute atomic E-state index is 12.7. The van der Waals surface area contributed by atoms with E-state index < -0.39 is 16.7 Å². The van der Waals surface area contributed by atoms with Gasteiger partial charge in [0.1, 0.15) is 0 Å². The van der Waals surface area contributed by atoms with Crippen molar-refractivity contribution in [2.45, 2.75) is 19.5 Å². The average Bonchev–Trinajstić information content (AvgIpc) is 2.40. The summed E-state index contributed by atoms with van der Waals surface area (Å²) in [5.74, 6) is 0. The van der Waals surface area contributed by atoms with Crippen LogP contribution in [-0.2, 0) is 12.6 Å². The summed E-state index contributed by atoms with van der Waals surface area (Å²) in [5, 5.41) is 11.0. The fourth-order valence-corrected chi connectivity index (χ4v) is 2.07. The zero-order valence-electron chi connectivity index (χ0n) is 11.1. The van der Waals surface area contributed by atoms with Crippen LogP contribution in [0.5, 0.6) is 0 Å². The van der Waals surface area contributed by atoms with Crippen molar-refractivity contribution >= 4 is 5.69 Å². The van der Waals surface area contributed by atoms with E-state index in [1.54, 1.807) is 19.1 Å². The predicted octanol–water partition coefficient (Wildman–Crippen LogP) is 4.51. The molecule has 2 aromatic carbocycles. The van der Waals surface area contributed by atoms with E-state index in [4.69, 9.17) is 0 Å². The third-order valence-corrected chi connectivity index (χ3v) is 3.09. The Labute approximate surface area is 119 Å². The van der Waals surface area contributed by atoms with E-state index in [0.717, 1.165) is 17.7 Å². The molecule has 0 aromatic heterocycles. The SMILES string of the molecule is Cc1ccc(Cc2cccc(C(F)(F)F)c2)c([N+](=O)[O-])c1. The first-order chi connectivity index (χ1) is 9.77. The second kappa shape index (κ2) is 5.55. The van der Waals surface area contributed by atoms with Gasteiger partial charge in [0, 0.05) is 18.1 Å². The summed E-state index contributed by atoms with van der Waals surface area (Å²) in [4.78, 5) is 10.5. The molecule has 0 aliphatic rings. The number of benzene rings is 2.